The van der Waals surface area contributed by atoms with Crippen molar-refractivity contribution in [2.45, 2.75) is 18.7 Å². The average Bonchev–Trinajstić information content (AvgIpc) is 2.61. The summed E-state index contributed by atoms with van der Waals surface area (Å²) in [7, 11) is -3.81. The third-order valence-electron chi connectivity index (χ3n) is 3.71. The Morgan fingerprint density at radius 2 is 1.36 bits per heavy atom. The van der Waals surface area contributed by atoms with Gasteiger partial charge in [0.1, 0.15) is 0 Å². The van der Waals surface area contributed by atoms with Crippen LogP contribution in [0.1, 0.15) is 24.2 Å². The summed E-state index contributed by atoms with van der Waals surface area (Å²) in [6.07, 6.45) is 1.12. The van der Waals surface area contributed by atoms with Gasteiger partial charge in [0, 0.05) is 28.6 Å². The number of amides is 2. The normalized spacial score (nSPS) is 11.6. The number of carbonyl (C=O) groups excluding carboxylic acids is 3. The third-order valence-corrected chi connectivity index (χ3v) is 4.63. The van der Waals surface area contributed by atoms with Crippen LogP contribution in [-0.2, 0) is 19.6 Å². The number of hydrogen-bond acceptors (Lipinski definition) is 5. The van der Waals surface area contributed by atoms with Gasteiger partial charge >= 0.3 is 0 Å². The van der Waals surface area contributed by atoms with Crippen LogP contribution < -0.4 is 15.8 Å². The number of nitrogens with one attached hydrogen (secondary N) is 2. The molecule has 0 aliphatic rings. The number of anilines is 2. The molecule has 0 aliphatic heterocycles. The van der Waals surface area contributed by atoms with Crippen molar-refractivity contribution in [2.24, 2.45) is 5.14 Å². The number of hydrogen-bond donors (Lipinski definition) is 3. The van der Waals surface area contributed by atoms with Crippen LogP contribution in [0, 0.1) is 0 Å². The van der Waals surface area contributed by atoms with Crippen molar-refractivity contribution in [3.05, 3.63) is 65.7 Å². The second-order valence-electron chi connectivity index (χ2n) is 5.97. The number of ketones is 1. The lowest BCUT2D eigenvalue weighted by Gasteiger charge is -2.07. The number of nitrogens with two attached hydrogens (primary N) is 1. The van der Waals surface area contributed by atoms with Crippen molar-refractivity contribution >= 4 is 39.0 Å². The summed E-state index contributed by atoms with van der Waals surface area (Å²) in [6, 6.07) is 11.7. The van der Waals surface area contributed by atoms with Gasteiger partial charge in [-0.15, -0.1) is 0 Å². The van der Waals surface area contributed by atoms with E-state index in [4.69, 9.17) is 5.14 Å². The number of primary sulfonamides is 1. The van der Waals surface area contributed by atoms with E-state index in [1.807, 2.05) is 0 Å². The Kier molecular flexibility index (Phi) is 6.45. The monoisotopic (exact) mass is 401 g/mol. The zero-order chi connectivity index (χ0) is 20.9. The number of sulfonamides is 1. The van der Waals surface area contributed by atoms with E-state index in [2.05, 4.69) is 10.6 Å². The molecule has 28 heavy (non-hydrogen) atoms. The minimum Gasteiger partial charge on any atom is -0.323 e. The SMILES string of the molecule is CC(=O)c1ccc(NC(=O)/C(C)=C\C(=O)Nc2ccc(S(N)(=O)=O)cc2)cc1. The first-order valence-corrected chi connectivity index (χ1v) is 9.65. The molecule has 0 saturated heterocycles. The predicted octanol–water partition coefficient (Wildman–Crippen LogP) is 2.06. The van der Waals surface area contributed by atoms with Gasteiger partial charge in [0.2, 0.25) is 15.9 Å². The fourth-order valence-corrected chi connectivity index (χ4v) is 2.70. The zero-order valence-electron chi connectivity index (χ0n) is 15.2. The van der Waals surface area contributed by atoms with Crippen molar-refractivity contribution in [3.63, 3.8) is 0 Å². The Morgan fingerprint density at radius 1 is 0.857 bits per heavy atom. The summed E-state index contributed by atoms with van der Waals surface area (Å²) in [5.74, 6) is -1.11. The molecule has 4 N–H and O–H groups in total. The molecule has 2 rings (SSSR count). The van der Waals surface area contributed by atoms with Crippen LogP contribution in [0.15, 0.2) is 65.1 Å². The van der Waals surface area contributed by atoms with E-state index in [0.29, 0.717) is 16.9 Å². The van der Waals surface area contributed by atoms with Gasteiger partial charge in [-0.25, -0.2) is 13.6 Å². The molecule has 0 atom stereocenters. The average molecular weight is 401 g/mol. The van der Waals surface area contributed by atoms with Gasteiger partial charge in [-0.1, -0.05) is 0 Å². The van der Waals surface area contributed by atoms with Gasteiger partial charge in [0.15, 0.2) is 5.78 Å². The minimum absolute atomic E-state index is 0.0765. The molecule has 146 valence electrons. The first-order valence-electron chi connectivity index (χ1n) is 8.11. The highest BCUT2D eigenvalue weighted by molar-refractivity contribution is 7.89. The summed E-state index contributed by atoms with van der Waals surface area (Å²) in [6.45, 7) is 2.92. The zero-order valence-corrected chi connectivity index (χ0v) is 16.0. The molecular formula is C19H19N3O5S. The lowest BCUT2D eigenvalue weighted by molar-refractivity contribution is -0.114. The van der Waals surface area contributed by atoms with Crippen LogP contribution >= 0.6 is 0 Å². The Bertz CT molecular complexity index is 1040. The molecule has 2 aromatic rings. The van der Waals surface area contributed by atoms with E-state index < -0.39 is 21.8 Å². The van der Waals surface area contributed by atoms with E-state index in [1.54, 1.807) is 24.3 Å². The van der Waals surface area contributed by atoms with Gasteiger partial charge in [-0.05, 0) is 62.4 Å². The van der Waals surface area contributed by atoms with Crippen LogP contribution in [0.2, 0.25) is 0 Å². The second-order valence-corrected chi connectivity index (χ2v) is 7.54. The molecule has 8 nitrogen and oxygen atoms in total. The minimum atomic E-state index is -3.81. The summed E-state index contributed by atoms with van der Waals surface area (Å²) < 4.78 is 22.4. The van der Waals surface area contributed by atoms with Crippen LogP contribution in [0.4, 0.5) is 11.4 Å². The molecule has 0 saturated carbocycles. The number of rotatable bonds is 6. The Labute approximate surface area is 162 Å². The highest BCUT2D eigenvalue weighted by Crippen LogP contribution is 2.14. The molecule has 0 aliphatic carbocycles. The van der Waals surface area contributed by atoms with E-state index in [1.165, 1.54) is 38.1 Å². The van der Waals surface area contributed by atoms with E-state index in [-0.39, 0.29) is 16.3 Å². The summed E-state index contributed by atoms with van der Waals surface area (Å²) in [4.78, 5) is 35.4. The number of Topliss-reactive ketones (excluding diaryl/α,β-unsaturated/α-hetero) is 1. The molecule has 2 amide bonds. The lowest BCUT2D eigenvalue weighted by atomic mass is 10.1. The molecule has 2 aromatic carbocycles. The van der Waals surface area contributed by atoms with Crippen LogP contribution in [0.5, 0.6) is 0 Å². The van der Waals surface area contributed by atoms with Crippen molar-refractivity contribution in [1.29, 1.82) is 0 Å². The number of carbonyl (C=O) groups is 3. The first kappa shape index (κ1) is 21.0. The lowest BCUT2D eigenvalue weighted by Crippen LogP contribution is -2.16. The van der Waals surface area contributed by atoms with Gasteiger partial charge in [-0.3, -0.25) is 14.4 Å². The molecule has 0 bridgehead atoms. The van der Waals surface area contributed by atoms with E-state index in [9.17, 15) is 22.8 Å². The van der Waals surface area contributed by atoms with Crippen LogP contribution in [0.25, 0.3) is 0 Å². The van der Waals surface area contributed by atoms with Crippen LogP contribution in [-0.4, -0.2) is 26.0 Å². The Morgan fingerprint density at radius 3 is 1.86 bits per heavy atom. The maximum Gasteiger partial charge on any atom is 0.251 e. The highest BCUT2D eigenvalue weighted by Gasteiger charge is 2.10. The Hall–Kier alpha value is -3.30. The maximum absolute atomic E-state index is 12.2. The summed E-state index contributed by atoms with van der Waals surface area (Å²) in [5, 5.41) is 10.2. The van der Waals surface area contributed by atoms with E-state index >= 15 is 0 Å². The molecule has 0 fully saturated rings. The second kappa shape index (κ2) is 8.59. The van der Waals surface area contributed by atoms with Crippen molar-refractivity contribution in [3.8, 4) is 0 Å². The summed E-state index contributed by atoms with van der Waals surface area (Å²) in [5.41, 5.74) is 1.52. The molecule has 0 aromatic heterocycles. The van der Waals surface area contributed by atoms with Gasteiger partial charge in [0.05, 0.1) is 4.90 Å². The van der Waals surface area contributed by atoms with Crippen molar-refractivity contribution < 1.29 is 22.8 Å². The third kappa shape index (κ3) is 5.86. The van der Waals surface area contributed by atoms with Crippen molar-refractivity contribution in [2.75, 3.05) is 10.6 Å². The van der Waals surface area contributed by atoms with Crippen LogP contribution in [0.3, 0.4) is 0 Å². The molecule has 0 heterocycles. The Balaban J connectivity index is 2.00. The smallest absolute Gasteiger partial charge is 0.251 e. The maximum atomic E-state index is 12.2. The standard InChI is InChI=1S/C19H19N3O5S/c1-12(19(25)22-16-5-3-14(4-6-16)13(2)23)11-18(24)21-15-7-9-17(10-8-15)28(20,26)27/h3-11H,1-2H3,(H,21,24)(H,22,25)(H2,20,26,27)/b12-11-. The number of benzene rings is 2. The largest absolute Gasteiger partial charge is 0.323 e. The van der Waals surface area contributed by atoms with Gasteiger partial charge < -0.3 is 10.6 Å². The van der Waals surface area contributed by atoms with Gasteiger partial charge in [-0.2, -0.15) is 0 Å². The quantitative estimate of drug-likeness (QED) is 0.503. The van der Waals surface area contributed by atoms with Gasteiger partial charge in [0.25, 0.3) is 5.91 Å². The molecule has 0 spiro atoms. The first-order chi connectivity index (χ1) is 13.1. The van der Waals surface area contributed by atoms with E-state index in [0.717, 1.165) is 6.08 Å². The summed E-state index contributed by atoms with van der Waals surface area (Å²) >= 11 is 0. The fourth-order valence-electron chi connectivity index (χ4n) is 2.19. The predicted molar refractivity (Wildman–Crippen MR) is 105 cm³/mol. The molecule has 0 radical (unpaired) electrons. The fraction of sp³-hybridized carbons (Fsp3) is 0.105. The molecular weight excluding hydrogens is 382 g/mol. The molecule has 0 unspecified atom stereocenters. The van der Waals surface area contributed by atoms with Crippen molar-refractivity contribution in [1.82, 2.24) is 0 Å². The molecule has 9 heteroatoms. The topological polar surface area (TPSA) is 135 Å². The highest BCUT2D eigenvalue weighted by atomic mass is 32.2.